The lowest BCUT2D eigenvalue weighted by molar-refractivity contribution is -0.275. The van der Waals surface area contributed by atoms with Gasteiger partial charge in [0, 0.05) is 17.3 Å². The van der Waals surface area contributed by atoms with E-state index in [1.54, 1.807) is 6.92 Å². The maximum Gasteiger partial charge on any atom is 0.573 e. The van der Waals surface area contributed by atoms with Gasteiger partial charge in [0.25, 0.3) is 0 Å². The van der Waals surface area contributed by atoms with Crippen LogP contribution in [0, 0.1) is 0 Å². The van der Waals surface area contributed by atoms with E-state index in [0.29, 0.717) is 5.33 Å². The Kier molecular flexibility index (Phi) is 5.65. The van der Waals surface area contributed by atoms with E-state index in [4.69, 9.17) is 4.74 Å². The summed E-state index contributed by atoms with van der Waals surface area (Å²) in [6.07, 6.45) is -4.64. The van der Waals surface area contributed by atoms with Crippen molar-refractivity contribution in [1.29, 1.82) is 0 Å². The van der Waals surface area contributed by atoms with Gasteiger partial charge in [-0.05, 0) is 25.1 Å². The molecule has 0 amide bonds. The third-order valence-electron chi connectivity index (χ3n) is 2.11. The van der Waals surface area contributed by atoms with E-state index >= 15 is 0 Å². The van der Waals surface area contributed by atoms with Crippen molar-refractivity contribution >= 4 is 21.7 Å². The first-order chi connectivity index (χ1) is 8.87. The highest BCUT2D eigenvalue weighted by Crippen LogP contribution is 2.33. The molecule has 0 aliphatic rings. The summed E-state index contributed by atoms with van der Waals surface area (Å²) >= 11 is 3.10. The van der Waals surface area contributed by atoms with Gasteiger partial charge in [0.2, 0.25) is 0 Å². The van der Waals surface area contributed by atoms with Crippen LogP contribution in [-0.2, 0) is 0 Å². The number of rotatable bonds is 6. The molecule has 0 radical (unpaired) electrons. The number of carbonyl (C=O) groups is 1. The number of hydrogen-bond donors (Lipinski definition) is 0. The Labute approximate surface area is 116 Å². The Bertz CT molecular complexity index is 446. The Hall–Kier alpha value is -1.24. The van der Waals surface area contributed by atoms with Crippen molar-refractivity contribution in [1.82, 2.24) is 0 Å². The number of benzene rings is 1. The molecule has 0 aromatic heterocycles. The molecular formula is C12H12BrF3O3. The van der Waals surface area contributed by atoms with E-state index in [2.05, 4.69) is 20.7 Å². The molecule has 1 aromatic rings. The molecule has 0 aliphatic heterocycles. The number of halogens is 4. The first kappa shape index (κ1) is 15.8. The Balaban J connectivity index is 3.07. The first-order valence-corrected chi connectivity index (χ1v) is 6.61. The molecule has 0 aliphatic carbocycles. The van der Waals surface area contributed by atoms with E-state index in [9.17, 15) is 18.0 Å². The molecule has 0 spiro atoms. The second kappa shape index (κ2) is 6.79. The fourth-order valence-corrected chi connectivity index (χ4v) is 1.75. The van der Waals surface area contributed by atoms with Crippen molar-refractivity contribution in [2.75, 3.05) is 11.9 Å². The minimum Gasteiger partial charge on any atom is -0.490 e. The Morgan fingerprint density at radius 2 is 2.00 bits per heavy atom. The van der Waals surface area contributed by atoms with Crippen molar-refractivity contribution in [3.05, 3.63) is 23.8 Å². The fourth-order valence-electron chi connectivity index (χ4n) is 1.39. The van der Waals surface area contributed by atoms with Gasteiger partial charge in [-0.1, -0.05) is 15.9 Å². The topological polar surface area (TPSA) is 35.5 Å². The lowest BCUT2D eigenvalue weighted by Crippen LogP contribution is -2.18. The van der Waals surface area contributed by atoms with Crippen molar-refractivity contribution in [2.24, 2.45) is 0 Å². The summed E-state index contributed by atoms with van der Waals surface area (Å²) in [7, 11) is 0. The summed E-state index contributed by atoms with van der Waals surface area (Å²) in [6, 6.07) is 3.76. The summed E-state index contributed by atoms with van der Waals surface area (Å²) in [4.78, 5) is 11.6. The molecule has 0 N–H and O–H groups in total. The van der Waals surface area contributed by atoms with E-state index in [-0.39, 0.29) is 30.1 Å². The minimum atomic E-state index is -4.83. The molecule has 19 heavy (non-hydrogen) atoms. The van der Waals surface area contributed by atoms with Gasteiger partial charge >= 0.3 is 6.36 Å². The number of ketones is 1. The van der Waals surface area contributed by atoms with Gasteiger partial charge < -0.3 is 9.47 Å². The van der Waals surface area contributed by atoms with E-state index in [0.717, 1.165) is 6.07 Å². The zero-order valence-corrected chi connectivity index (χ0v) is 11.7. The second-order valence-electron chi connectivity index (χ2n) is 3.50. The summed E-state index contributed by atoms with van der Waals surface area (Å²) in [5.41, 5.74) is 0.155. The third-order valence-corrected chi connectivity index (χ3v) is 2.51. The van der Waals surface area contributed by atoms with Crippen LogP contribution in [0.5, 0.6) is 11.5 Å². The predicted molar refractivity (Wildman–Crippen MR) is 67.0 cm³/mol. The van der Waals surface area contributed by atoms with Crippen LogP contribution in [0.4, 0.5) is 13.2 Å². The highest BCUT2D eigenvalue weighted by atomic mass is 79.9. The van der Waals surface area contributed by atoms with Gasteiger partial charge in [-0.2, -0.15) is 0 Å². The third kappa shape index (κ3) is 5.10. The maximum absolute atomic E-state index is 12.3. The van der Waals surface area contributed by atoms with Crippen molar-refractivity contribution < 1.29 is 27.4 Å². The maximum atomic E-state index is 12.3. The average molecular weight is 341 g/mol. The Morgan fingerprint density at radius 1 is 1.32 bits per heavy atom. The molecule has 7 heteroatoms. The molecule has 0 atom stereocenters. The summed E-state index contributed by atoms with van der Waals surface area (Å²) < 4.78 is 45.7. The monoisotopic (exact) mass is 340 g/mol. The molecule has 1 rings (SSSR count). The van der Waals surface area contributed by atoms with Crippen molar-refractivity contribution in [3.63, 3.8) is 0 Å². The molecule has 0 heterocycles. The fraction of sp³-hybridized carbons (Fsp3) is 0.417. The van der Waals surface area contributed by atoms with E-state index in [1.165, 1.54) is 12.1 Å². The predicted octanol–water partition coefficient (Wildman–Crippen LogP) is 3.95. The molecular weight excluding hydrogens is 329 g/mol. The summed E-state index contributed by atoms with van der Waals surface area (Å²) in [5.74, 6) is -0.822. The second-order valence-corrected chi connectivity index (χ2v) is 4.30. The normalized spacial score (nSPS) is 11.2. The molecule has 0 fully saturated rings. The average Bonchev–Trinajstić information content (AvgIpc) is 2.30. The number of ether oxygens (including phenoxy) is 2. The van der Waals surface area contributed by atoms with Crippen LogP contribution in [0.3, 0.4) is 0 Å². The quantitative estimate of drug-likeness (QED) is 0.581. The van der Waals surface area contributed by atoms with Gasteiger partial charge in [-0.25, -0.2) is 0 Å². The van der Waals surface area contributed by atoms with Crippen molar-refractivity contribution in [3.8, 4) is 11.5 Å². The molecule has 0 saturated heterocycles. The standard InChI is InChI=1S/C12H12BrF3O3/c1-2-18-10-4-3-8(9(17)5-6-13)7-11(10)19-12(14,15)16/h3-4,7H,2,5-6H2,1H3. The van der Waals surface area contributed by atoms with Crippen LogP contribution >= 0.6 is 15.9 Å². The number of hydrogen-bond acceptors (Lipinski definition) is 3. The summed E-state index contributed by atoms with van der Waals surface area (Å²) in [5, 5.41) is 0.439. The smallest absolute Gasteiger partial charge is 0.490 e. The lowest BCUT2D eigenvalue weighted by Gasteiger charge is -2.14. The number of carbonyl (C=O) groups excluding carboxylic acids is 1. The largest absolute Gasteiger partial charge is 0.573 e. The summed E-state index contributed by atoms with van der Waals surface area (Å²) in [6.45, 7) is 1.84. The molecule has 0 unspecified atom stereocenters. The molecule has 0 bridgehead atoms. The van der Waals surface area contributed by atoms with Crippen LogP contribution in [0.25, 0.3) is 0 Å². The van der Waals surface area contributed by atoms with Crippen molar-refractivity contribution in [2.45, 2.75) is 19.7 Å². The van der Waals surface area contributed by atoms with Gasteiger partial charge in [-0.15, -0.1) is 13.2 Å². The van der Waals surface area contributed by atoms with Gasteiger partial charge in [0.15, 0.2) is 17.3 Å². The zero-order valence-electron chi connectivity index (χ0n) is 10.1. The SMILES string of the molecule is CCOc1ccc(C(=O)CCBr)cc1OC(F)(F)F. The molecule has 3 nitrogen and oxygen atoms in total. The van der Waals surface area contributed by atoms with Crippen LogP contribution in [0.2, 0.25) is 0 Å². The van der Waals surface area contributed by atoms with E-state index < -0.39 is 12.1 Å². The lowest BCUT2D eigenvalue weighted by atomic mass is 10.1. The van der Waals surface area contributed by atoms with Gasteiger partial charge in [-0.3, -0.25) is 4.79 Å². The van der Waals surface area contributed by atoms with Crippen LogP contribution < -0.4 is 9.47 Å². The van der Waals surface area contributed by atoms with E-state index in [1.807, 2.05) is 0 Å². The van der Waals surface area contributed by atoms with Gasteiger partial charge in [0.1, 0.15) is 0 Å². The molecule has 1 aromatic carbocycles. The highest BCUT2D eigenvalue weighted by molar-refractivity contribution is 9.09. The van der Waals surface area contributed by atoms with Crippen LogP contribution in [0.15, 0.2) is 18.2 Å². The number of Topliss-reactive ketones (excluding diaryl/α,β-unsaturated/α-hetero) is 1. The molecule has 0 saturated carbocycles. The van der Waals surface area contributed by atoms with Gasteiger partial charge in [0.05, 0.1) is 6.61 Å². The first-order valence-electron chi connectivity index (χ1n) is 5.49. The number of alkyl halides is 4. The minimum absolute atomic E-state index is 0.0461. The van der Waals surface area contributed by atoms with Crippen LogP contribution in [0.1, 0.15) is 23.7 Å². The molecule has 106 valence electrons. The van der Waals surface area contributed by atoms with Crippen LogP contribution in [-0.4, -0.2) is 24.1 Å². The highest BCUT2D eigenvalue weighted by Gasteiger charge is 2.32. The Morgan fingerprint density at radius 3 is 2.53 bits per heavy atom. The zero-order chi connectivity index (χ0) is 14.5.